The van der Waals surface area contributed by atoms with Gasteiger partial charge in [0.05, 0.1) is 16.3 Å². The van der Waals surface area contributed by atoms with Crippen molar-refractivity contribution in [2.45, 2.75) is 11.8 Å². The Morgan fingerprint density at radius 3 is 2.41 bits per heavy atom. The molecule has 0 radical (unpaired) electrons. The summed E-state index contributed by atoms with van der Waals surface area (Å²) in [6, 6.07) is 18.9. The third-order valence-corrected chi connectivity index (χ3v) is 6.39. The number of halogens is 2. The molecule has 1 N–H and O–H groups in total. The molecule has 3 aromatic rings. The van der Waals surface area contributed by atoms with Crippen molar-refractivity contribution in [3.8, 4) is 0 Å². The van der Waals surface area contributed by atoms with Gasteiger partial charge >= 0.3 is 0 Å². The van der Waals surface area contributed by atoms with Gasteiger partial charge in [0.2, 0.25) is 5.91 Å². The van der Waals surface area contributed by atoms with Gasteiger partial charge in [-0.05, 0) is 55.0 Å². The molecule has 0 atom stereocenters. The fourth-order valence-corrected chi connectivity index (χ4v) is 4.50. The molecule has 5 nitrogen and oxygen atoms in total. The SMILES string of the molecule is Cc1cccc(N(CC(=O)Nc2ccc(Br)cc2F)S(=O)(=O)c2ccccc2)c1. The molecule has 0 heterocycles. The maximum Gasteiger partial charge on any atom is 0.264 e. The van der Waals surface area contributed by atoms with Crippen LogP contribution in [0.15, 0.2) is 82.2 Å². The molecule has 0 aliphatic carbocycles. The lowest BCUT2D eigenvalue weighted by atomic mass is 10.2. The highest BCUT2D eigenvalue weighted by molar-refractivity contribution is 9.10. The second-order valence-corrected chi connectivity index (χ2v) is 9.11. The zero-order chi connectivity index (χ0) is 21.0. The third-order valence-electron chi connectivity index (χ3n) is 4.11. The summed E-state index contributed by atoms with van der Waals surface area (Å²) in [6.07, 6.45) is 0. The van der Waals surface area contributed by atoms with Crippen LogP contribution in [0.3, 0.4) is 0 Å². The topological polar surface area (TPSA) is 66.5 Å². The molecule has 3 aromatic carbocycles. The summed E-state index contributed by atoms with van der Waals surface area (Å²) in [5.41, 5.74) is 1.16. The van der Waals surface area contributed by atoms with Crippen LogP contribution in [0.5, 0.6) is 0 Å². The molecule has 150 valence electrons. The van der Waals surface area contributed by atoms with Gasteiger partial charge in [0, 0.05) is 4.47 Å². The van der Waals surface area contributed by atoms with Crippen molar-refractivity contribution in [3.63, 3.8) is 0 Å². The van der Waals surface area contributed by atoms with Gasteiger partial charge in [-0.3, -0.25) is 9.10 Å². The average Bonchev–Trinajstić information content (AvgIpc) is 2.69. The van der Waals surface area contributed by atoms with Gasteiger partial charge in [0.1, 0.15) is 12.4 Å². The standard InChI is InChI=1S/C21H18BrFN2O3S/c1-15-6-5-7-17(12-15)25(29(27,28)18-8-3-2-4-9-18)14-21(26)24-20-11-10-16(22)13-19(20)23/h2-13H,14H2,1H3,(H,24,26). The molecule has 0 unspecified atom stereocenters. The summed E-state index contributed by atoms with van der Waals surface area (Å²) in [5.74, 6) is -1.28. The number of anilines is 2. The molecule has 0 fully saturated rings. The van der Waals surface area contributed by atoms with Gasteiger partial charge in [-0.2, -0.15) is 0 Å². The van der Waals surface area contributed by atoms with Crippen LogP contribution in [-0.2, 0) is 14.8 Å². The summed E-state index contributed by atoms with van der Waals surface area (Å²) >= 11 is 3.15. The van der Waals surface area contributed by atoms with E-state index in [2.05, 4.69) is 21.2 Å². The Kier molecular flexibility index (Phi) is 6.34. The number of rotatable bonds is 6. The van der Waals surface area contributed by atoms with E-state index in [1.165, 1.54) is 24.3 Å². The lowest BCUT2D eigenvalue weighted by molar-refractivity contribution is -0.114. The van der Waals surface area contributed by atoms with Gasteiger partial charge in [0.25, 0.3) is 10.0 Å². The Bertz CT molecular complexity index is 1140. The minimum absolute atomic E-state index is 0.0282. The zero-order valence-electron chi connectivity index (χ0n) is 15.5. The molecule has 0 aliphatic rings. The second kappa shape index (κ2) is 8.75. The highest BCUT2D eigenvalue weighted by Gasteiger charge is 2.27. The Morgan fingerprint density at radius 1 is 1.03 bits per heavy atom. The van der Waals surface area contributed by atoms with Crippen molar-refractivity contribution in [1.29, 1.82) is 0 Å². The van der Waals surface area contributed by atoms with Gasteiger partial charge in [-0.1, -0.05) is 46.3 Å². The largest absolute Gasteiger partial charge is 0.322 e. The van der Waals surface area contributed by atoms with E-state index in [0.717, 1.165) is 9.87 Å². The molecule has 0 saturated carbocycles. The normalized spacial score (nSPS) is 11.1. The van der Waals surface area contributed by atoms with Gasteiger partial charge < -0.3 is 5.32 Å². The van der Waals surface area contributed by atoms with Crippen molar-refractivity contribution in [2.24, 2.45) is 0 Å². The monoisotopic (exact) mass is 476 g/mol. The number of hydrogen-bond acceptors (Lipinski definition) is 3. The molecule has 3 rings (SSSR count). The summed E-state index contributed by atoms with van der Waals surface area (Å²) in [6.45, 7) is 1.32. The number of carbonyl (C=O) groups excluding carboxylic acids is 1. The number of carbonyl (C=O) groups is 1. The van der Waals surface area contributed by atoms with Crippen LogP contribution in [0.25, 0.3) is 0 Å². The minimum atomic E-state index is -4.00. The smallest absolute Gasteiger partial charge is 0.264 e. The Morgan fingerprint density at radius 2 is 1.76 bits per heavy atom. The highest BCUT2D eigenvalue weighted by atomic mass is 79.9. The fraction of sp³-hybridized carbons (Fsp3) is 0.0952. The van der Waals surface area contributed by atoms with E-state index in [4.69, 9.17) is 0 Å². The lowest BCUT2D eigenvalue weighted by Gasteiger charge is -2.24. The van der Waals surface area contributed by atoms with Gasteiger partial charge in [-0.25, -0.2) is 12.8 Å². The fourth-order valence-electron chi connectivity index (χ4n) is 2.73. The van der Waals surface area contributed by atoms with Crippen LogP contribution in [0, 0.1) is 12.7 Å². The van der Waals surface area contributed by atoms with E-state index in [1.807, 2.05) is 13.0 Å². The Labute approximate surface area is 177 Å². The maximum absolute atomic E-state index is 14.0. The molecule has 29 heavy (non-hydrogen) atoms. The first-order chi connectivity index (χ1) is 13.8. The predicted octanol–water partition coefficient (Wildman–Crippen LogP) is 4.73. The van der Waals surface area contributed by atoms with E-state index < -0.39 is 28.3 Å². The summed E-state index contributed by atoms with van der Waals surface area (Å²) < 4.78 is 42.0. The predicted molar refractivity (Wildman–Crippen MR) is 115 cm³/mol. The molecule has 8 heteroatoms. The first-order valence-electron chi connectivity index (χ1n) is 8.67. The van der Waals surface area contributed by atoms with Crippen molar-refractivity contribution in [2.75, 3.05) is 16.2 Å². The number of benzene rings is 3. The van der Waals surface area contributed by atoms with Crippen LogP contribution in [-0.4, -0.2) is 20.9 Å². The number of aryl methyl sites for hydroxylation is 1. The maximum atomic E-state index is 14.0. The van der Waals surface area contributed by atoms with E-state index >= 15 is 0 Å². The molecule has 0 aromatic heterocycles. The molecular formula is C21H18BrFN2O3S. The van der Waals surface area contributed by atoms with E-state index in [9.17, 15) is 17.6 Å². The molecule has 1 amide bonds. The average molecular weight is 477 g/mol. The minimum Gasteiger partial charge on any atom is -0.322 e. The quantitative estimate of drug-likeness (QED) is 0.558. The van der Waals surface area contributed by atoms with Crippen molar-refractivity contribution in [1.82, 2.24) is 0 Å². The van der Waals surface area contributed by atoms with Crippen LogP contribution in [0.2, 0.25) is 0 Å². The van der Waals surface area contributed by atoms with Crippen LogP contribution < -0.4 is 9.62 Å². The number of amides is 1. The van der Waals surface area contributed by atoms with Crippen molar-refractivity contribution >= 4 is 43.2 Å². The molecule has 0 spiro atoms. The van der Waals surface area contributed by atoms with Crippen molar-refractivity contribution < 1.29 is 17.6 Å². The van der Waals surface area contributed by atoms with Crippen LogP contribution in [0.1, 0.15) is 5.56 Å². The number of nitrogens with one attached hydrogen (secondary N) is 1. The lowest BCUT2D eigenvalue weighted by Crippen LogP contribution is -2.38. The van der Waals surface area contributed by atoms with Gasteiger partial charge in [0.15, 0.2) is 0 Å². The highest BCUT2D eigenvalue weighted by Crippen LogP contribution is 2.25. The summed E-state index contributed by atoms with van der Waals surface area (Å²) in [4.78, 5) is 12.7. The van der Waals surface area contributed by atoms with Crippen molar-refractivity contribution in [3.05, 3.63) is 88.6 Å². The van der Waals surface area contributed by atoms with Crippen LogP contribution >= 0.6 is 15.9 Å². The number of nitrogens with zero attached hydrogens (tertiary/aromatic N) is 1. The summed E-state index contributed by atoms with van der Waals surface area (Å²) in [5, 5.41) is 2.43. The van der Waals surface area contributed by atoms with Crippen LogP contribution in [0.4, 0.5) is 15.8 Å². The van der Waals surface area contributed by atoms with E-state index in [0.29, 0.717) is 10.2 Å². The summed E-state index contributed by atoms with van der Waals surface area (Å²) in [7, 11) is -4.00. The molecule has 0 aliphatic heterocycles. The first-order valence-corrected chi connectivity index (χ1v) is 10.9. The molecular weight excluding hydrogens is 459 g/mol. The Hall–Kier alpha value is -2.71. The van der Waals surface area contributed by atoms with E-state index in [-0.39, 0.29) is 10.6 Å². The Balaban J connectivity index is 1.94. The zero-order valence-corrected chi connectivity index (χ0v) is 17.9. The number of sulfonamides is 1. The molecule has 0 bridgehead atoms. The number of hydrogen-bond donors (Lipinski definition) is 1. The van der Waals surface area contributed by atoms with E-state index in [1.54, 1.807) is 42.5 Å². The first kappa shape index (κ1) is 21.0. The van der Waals surface area contributed by atoms with Gasteiger partial charge in [-0.15, -0.1) is 0 Å². The third kappa shape index (κ3) is 5.02. The second-order valence-electron chi connectivity index (χ2n) is 6.34. The molecule has 0 saturated heterocycles.